The van der Waals surface area contributed by atoms with Crippen LogP contribution in [0.3, 0.4) is 0 Å². The van der Waals surface area contributed by atoms with Crippen molar-refractivity contribution in [2.24, 2.45) is 10.6 Å². The van der Waals surface area contributed by atoms with Crippen molar-refractivity contribution in [3.05, 3.63) is 0 Å². The first-order valence-electron chi connectivity index (χ1n) is 4.97. The van der Waals surface area contributed by atoms with E-state index in [0.29, 0.717) is 6.61 Å². The largest absolute Gasteiger partial charge is 0.375 e. The molecule has 2 N–H and O–H groups in total. The van der Waals surface area contributed by atoms with Crippen molar-refractivity contribution in [1.82, 2.24) is 0 Å². The first kappa shape index (κ1) is 10.4. The zero-order chi connectivity index (χ0) is 10.4. The molecule has 2 bridgehead atoms. The number of nitrogens with two attached hydrogens (primary N) is 1. The highest BCUT2D eigenvalue weighted by molar-refractivity contribution is 7.89. The Balaban J connectivity index is 2.18. The lowest BCUT2D eigenvalue weighted by Gasteiger charge is -2.34. The van der Waals surface area contributed by atoms with Crippen molar-refractivity contribution < 1.29 is 13.2 Å². The molecule has 0 aromatic carbocycles. The van der Waals surface area contributed by atoms with Gasteiger partial charge in [-0.1, -0.05) is 0 Å². The summed E-state index contributed by atoms with van der Waals surface area (Å²) >= 11 is 0. The molecule has 0 radical (unpaired) electrons. The van der Waals surface area contributed by atoms with Gasteiger partial charge < -0.3 is 4.74 Å². The molecule has 2 aliphatic rings. The molecular formula is C9H17NO3S. The highest BCUT2D eigenvalue weighted by Crippen LogP contribution is 2.50. The monoisotopic (exact) mass is 219 g/mol. The Hall–Kier alpha value is -0.130. The number of primary sulfonamides is 1. The lowest BCUT2D eigenvalue weighted by atomic mass is 9.72. The summed E-state index contributed by atoms with van der Waals surface area (Å²) in [7, 11) is -3.37. The molecule has 1 saturated carbocycles. The first-order valence-corrected chi connectivity index (χ1v) is 6.69. The molecule has 14 heavy (non-hydrogen) atoms. The van der Waals surface area contributed by atoms with Gasteiger partial charge in [-0.2, -0.15) is 0 Å². The summed E-state index contributed by atoms with van der Waals surface area (Å²) < 4.78 is 27.9. The SMILES string of the molecule is CC12CCCC(CS(N)(=O)=O)(CO1)C2. The summed E-state index contributed by atoms with van der Waals surface area (Å²) in [5.41, 5.74) is -0.288. The molecule has 4 nitrogen and oxygen atoms in total. The molecule has 82 valence electrons. The van der Waals surface area contributed by atoms with Gasteiger partial charge >= 0.3 is 0 Å². The molecule has 2 unspecified atom stereocenters. The molecule has 0 spiro atoms. The van der Waals surface area contributed by atoms with Gasteiger partial charge in [0.1, 0.15) is 0 Å². The normalized spacial score (nSPS) is 42.7. The van der Waals surface area contributed by atoms with Crippen LogP contribution in [0.25, 0.3) is 0 Å². The third-order valence-corrected chi connectivity index (χ3v) is 4.41. The van der Waals surface area contributed by atoms with Gasteiger partial charge in [0.05, 0.1) is 18.0 Å². The van der Waals surface area contributed by atoms with E-state index >= 15 is 0 Å². The van der Waals surface area contributed by atoms with Crippen LogP contribution in [0.15, 0.2) is 0 Å². The zero-order valence-electron chi connectivity index (χ0n) is 8.45. The maximum absolute atomic E-state index is 11.1. The topological polar surface area (TPSA) is 69.4 Å². The van der Waals surface area contributed by atoms with Gasteiger partial charge in [0.2, 0.25) is 10.0 Å². The average Bonchev–Trinajstić information content (AvgIpc) is 2.18. The van der Waals surface area contributed by atoms with Crippen LogP contribution >= 0.6 is 0 Å². The summed E-state index contributed by atoms with van der Waals surface area (Å²) in [5, 5.41) is 5.11. The third-order valence-electron chi connectivity index (χ3n) is 3.40. The highest BCUT2D eigenvalue weighted by atomic mass is 32.2. The summed E-state index contributed by atoms with van der Waals surface area (Å²) in [6.07, 6.45) is 3.86. The van der Waals surface area contributed by atoms with Crippen molar-refractivity contribution in [1.29, 1.82) is 0 Å². The number of hydrogen-bond acceptors (Lipinski definition) is 3. The molecule has 1 saturated heterocycles. The summed E-state index contributed by atoms with van der Waals surface area (Å²) in [6, 6.07) is 0. The van der Waals surface area contributed by atoms with E-state index in [1.54, 1.807) is 0 Å². The standard InChI is InChI=1S/C9H17NO3S/c1-8-3-2-4-9(5-8,6-13-8)7-14(10,11)12/h2-7H2,1H3,(H2,10,11,12). The molecule has 0 aromatic rings. The van der Waals surface area contributed by atoms with Crippen LogP contribution in [-0.2, 0) is 14.8 Å². The number of sulfonamides is 1. The average molecular weight is 219 g/mol. The Morgan fingerprint density at radius 1 is 1.43 bits per heavy atom. The van der Waals surface area contributed by atoms with Gasteiger partial charge in [0.15, 0.2) is 0 Å². The number of fused-ring (bicyclic) bond motifs is 2. The Kier molecular flexibility index (Phi) is 2.18. The fourth-order valence-electron chi connectivity index (χ4n) is 2.97. The quantitative estimate of drug-likeness (QED) is 0.740. The smallest absolute Gasteiger partial charge is 0.209 e. The second-order valence-electron chi connectivity index (χ2n) is 5.08. The van der Waals surface area contributed by atoms with Gasteiger partial charge in [0.25, 0.3) is 0 Å². The van der Waals surface area contributed by atoms with Gasteiger partial charge in [-0.25, -0.2) is 13.6 Å². The van der Waals surface area contributed by atoms with Gasteiger partial charge in [-0.15, -0.1) is 0 Å². The first-order chi connectivity index (χ1) is 6.33. The van der Waals surface area contributed by atoms with E-state index in [1.807, 2.05) is 0 Å². The minimum atomic E-state index is -3.37. The van der Waals surface area contributed by atoms with Crippen LogP contribution in [0.4, 0.5) is 0 Å². The molecule has 0 amide bonds. The molecule has 2 atom stereocenters. The van der Waals surface area contributed by atoms with Crippen LogP contribution in [0.1, 0.15) is 32.6 Å². The van der Waals surface area contributed by atoms with E-state index in [9.17, 15) is 8.42 Å². The zero-order valence-corrected chi connectivity index (χ0v) is 9.27. The van der Waals surface area contributed by atoms with Gasteiger partial charge in [0, 0.05) is 5.41 Å². The Morgan fingerprint density at radius 2 is 2.14 bits per heavy atom. The van der Waals surface area contributed by atoms with Gasteiger partial charge in [-0.3, -0.25) is 0 Å². The van der Waals surface area contributed by atoms with Crippen LogP contribution in [-0.4, -0.2) is 26.4 Å². The van der Waals surface area contributed by atoms with E-state index in [2.05, 4.69) is 6.92 Å². The van der Waals surface area contributed by atoms with Crippen molar-refractivity contribution >= 4 is 10.0 Å². The van der Waals surface area contributed by atoms with E-state index < -0.39 is 10.0 Å². The predicted octanol–water partition coefficient (Wildman–Crippen LogP) is 0.624. The summed E-state index contributed by atoms with van der Waals surface area (Å²) in [5.74, 6) is 0.0790. The van der Waals surface area contributed by atoms with Crippen molar-refractivity contribution in [3.8, 4) is 0 Å². The Bertz CT molecular complexity index is 340. The van der Waals surface area contributed by atoms with Crippen molar-refractivity contribution in [3.63, 3.8) is 0 Å². The van der Waals surface area contributed by atoms with E-state index in [0.717, 1.165) is 25.7 Å². The van der Waals surface area contributed by atoms with Crippen LogP contribution in [0.5, 0.6) is 0 Å². The minimum absolute atomic E-state index is 0.0790. The van der Waals surface area contributed by atoms with E-state index in [4.69, 9.17) is 9.88 Å². The van der Waals surface area contributed by atoms with Crippen molar-refractivity contribution in [2.45, 2.75) is 38.2 Å². The van der Waals surface area contributed by atoms with Crippen molar-refractivity contribution in [2.75, 3.05) is 12.4 Å². The van der Waals surface area contributed by atoms with Crippen LogP contribution in [0.2, 0.25) is 0 Å². The number of hydrogen-bond donors (Lipinski definition) is 1. The number of ether oxygens (including phenoxy) is 1. The van der Waals surface area contributed by atoms with E-state index in [1.165, 1.54) is 0 Å². The fourth-order valence-corrected chi connectivity index (χ4v) is 4.16. The molecule has 1 aliphatic heterocycles. The highest BCUT2D eigenvalue weighted by Gasteiger charge is 2.51. The summed E-state index contributed by atoms with van der Waals surface area (Å²) in [6.45, 7) is 2.62. The Labute approximate surface area is 84.9 Å². The van der Waals surface area contributed by atoms with E-state index in [-0.39, 0.29) is 16.8 Å². The maximum Gasteiger partial charge on any atom is 0.209 e. The van der Waals surface area contributed by atoms with Crippen LogP contribution in [0, 0.1) is 5.41 Å². The second kappa shape index (κ2) is 2.93. The van der Waals surface area contributed by atoms with Crippen LogP contribution < -0.4 is 5.14 Å². The molecule has 0 aromatic heterocycles. The third kappa shape index (κ3) is 1.94. The Morgan fingerprint density at radius 3 is 2.79 bits per heavy atom. The lowest BCUT2D eigenvalue weighted by molar-refractivity contribution is 0.0148. The molecule has 2 fully saturated rings. The predicted molar refractivity (Wildman–Crippen MR) is 53.2 cm³/mol. The molecular weight excluding hydrogens is 202 g/mol. The number of rotatable bonds is 2. The molecule has 5 heteroatoms. The second-order valence-corrected chi connectivity index (χ2v) is 6.69. The molecule has 1 aliphatic carbocycles. The van der Waals surface area contributed by atoms with Gasteiger partial charge in [-0.05, 0) is 32.6 Å². The molecule has 1 heterocycles. The lowest BCUT2D eigenvalue weighted by Crippen LogP contribution is -2.38. The fraction of sp³-hybridized carbons (Fsp3) is 1.00. The maximum atomic E-state index is 11.1. The minimum Gasteiger partial charge on any atom is -0.375 e. The summed E-state index contributed by atoms with van der Waals surface area (Å²) in [4.78, 5) is 0. The molecule has 2 rings (SSSR count).